The summed E-state index contributed by atoms with van der Waals surface area (Å²) in [7, 11) is 0. The highest BCUT2D eigenvalue weighted by molar-refractivity contribution is 6.04. The molecule has 1 aliphatic rings. The molecule has 3 aromatic carbocycles. The SMILES string of the molecule is Cc1ccc(CN2C(=O)OC(c3cccc(NC(=O)c4ccc(F)cc4)c3)C2C(=O)NCc2ccco2)cc1. The quantitative estimate of drug-likeness (QED) is 0.321. The van der Waals surface area contributed by atoms with Gasteiger partial charge in [0.15, 0.2) is 12.1 Å². The number of carbonyl (C=O) groups is 3. The standard InChI is InChI=1S/C30H26FN3O5/c1-19-7-9-20(10-8-19)18-34-26(29(36)32-17-25-6-3-15-38-25)27(39-30(34)37)22-4-2-5-24(16-22)33-28(35)21-11-13-23(31)14-12-21/h2-16,26-27H,17-18H2,1H3,(H,32,36)(H,33,35). The number of hydrogen-bond acceptors (Lipinski definition) is 5. The molecule has 2 unspecified atom stereocenters. The Balaban J connectivity index is 1.40. The van der Waals surface area contributed by atoms with Gasteiger partial charge in [-0.2, -0.15) is 0 Å². The summed E-state index contributed by atoms with van der Waals surface area (Å²) in [4.78, 5) is 40.6. The lowest BCUT2D eigenvalue weighted by atomic mass is 10.00. The summed E-state index contributed by atoms with van der Waals surface area (Å²) in [6, 6.07) is 22.1. The maximum atomic E-state index is 13.5. The minimum absolute atomic E-state index is 0.148. The lowest BCUT2D eigenvalue weighted by Crippen LogP contribution is -2.46. The predicted molar refractivity (Wildman–Crippen MR) is 141 cm³/mol. The van der Waals surface area contributed by atoms with Crippen LogP contribution in [0.3, 0.4) is 0 Å². The number of benzene rings is 3. The molecule has 2 heterocycles. The number of nitrogens with one attached hydrogen (secondary N) is 2. The highest BCUT2D eigenvalue weighted by atomic mass is 19.1. The van der Waals surface area contributed by atoms with Gasteiger partial charge in [-0.15, -0.1) is 0 Å². The Hall–Kier alpha value is -4.92. The number of nitrogens with zero attached hydrogens (tertiary/aromatic N) is 1. The van der Waals surface area contributed by atoms with Crippen molar-refractivity contribution in [3.8, 4) is 0 Å². The molecular weight excluding hydrogens is 501 g/mol. The maximum Gasteiger partial charge on any atom is 0.411 e. The summed E-state index contributed by atoms with van der Waals surface area (Å²) in [5.74, 6) is -0.705. The normalized spacial score (nSPS) is 16.6. The first kappa shape index (κ1) is 25.7. The average Bonchev–Trinajstić information content (AvgIpc) is 3.57. The van der Waals surface area contributed by atoms with Crippen LogP contribution in [0.25, 0.3) is 0 Å². The summed E-state index contributed by atoms with van der Waals surface area (Å²) in [6.45, 7) is 2.29. The summed E-state index contributed by atoms with van der Waals surface area (Å²) in [5.41, 5.74) is 3.18. The van der Waals surface area contributed by atoms with Crippen molar-refractivity contribution in [2.75, 3.05) is 5.32 Å². The average molecular weight is 528 g/mol. The fourth-order valence-corrected chi connectivity index (χ4v) is 4.39. The van der Waals surface area contributed by atoms with E-state index in [4.69, 9.17) is 9.15 Å². The van der Waals surface area contributed by atoms with Gasteiger partial charge >= 0.3 is 6.09 Å². The van der Waals surface area contributed by atoms with Crippen molar-refractivity contribution in [3.05, 3.63) is 125 Å². The molecule has 0 aliphatic carbocycles. The van der Waals surface area contributed by atoms with Gasteiger partial charge in [-0.05, 0) is 66.6 Å². The van der Waals surface area contributed by atoms with Crippen LogP contribution in [-0.4, -0.2) is 28.8 Å². The Morgan fingerprint density at radius 3 is 2.46 bits per heavy atom. The zero-order valence-corrected chi connectivity index (χ0v) is 21.1. The molecule has 0 spiro atoms. The third-order valence-electron chi connectivity index (χ3n) is 6.42. The molecule has 8 nitrogen and oxygen atoms in total. The Kier molecular flexibility index (Phi) is 7.40. The van der Waals surface area contributed by atoms with Gasteiger partial charge < -0.3 is 19.8 Å². The second kappa shape index (κ2) is 11.2. The van der Waals surface area contributed by atoms with Crippen molar-refractivity contribution in [1.29, 1.82) is 0 Å². The van der Waals surface area contributed by atoms with Gasteiger partial charge in [0.25, 0.3) is 5.91 Å². The number of halogens is 1. The number of aryl methyl sites for hydroxylation is 1. The molecule has 4 aromatic rings. The molecule has 198 valence electrons. The molecule has 39 heavy (non-hydrogen) atoms. The van der Waals surface area contributed by atoms with Crippen LogP contribution in [0.4, 0.5) is 14.9 Å². The first-order valence-electron chi connectivity index (χ1n) is 12.4. The van der Waals surface area contributed by atoms with Gasteiger partial charge in [0.2, 0.25) is 5.91 Å². The predicted octanol–water partition coefficient (Wildman–Crippen LogP) is 5.36. The maximum absolute atomic E-state index is 13.5. The van der Waals surface area contributed by atoms with E-state index in [1.54, 1.807) is 36.4 Å². The second-order valence-electron chi connectivity index (χ2n) is 9.25. The van der Waals surface area contributed by atoms with Crippen LogP contribution in [0.15, 0.2) is 95.6 Å². The van der Waals surface area contributed by atoms with Crippen molar-refractivity contribution in [2.45, 2.75) is 32.2 Å². The zero-order chi connectivity index (χ0) is 27.4. The van der Waals surface area contributed by atoms with E-state index in [2.05, 4.69) is 10.6 Å². The van der Waals surface area contributed by atoms with Crippen LogP contribution in [-0.2, 0) is 22.6 Å². The summed E-state index contributed by atoms with van der Waals surface area (Å²) >= 11 is 0. The number of rotatable bonds is 8. The first-order valence-corrected chi connectivity index (χ1v) is 12.4. The van der Waals surface area contributed by atoms with Crippen molar-refractivity contribution in [2.24, 2.45) is 0 Å². The van der Waals surface area contributed by atoms with Crippen LogP contribution < -0.4 is 10.6 Å². The lowest BCUT2D eigenvalue weighted by Gasteiger charge is -2.24. The van der Waals surface area contributed by atoms with Gasteiger partial charge in [0, 0.05) is 11.3 Å². The molecular formula is C30H26FN3O5. The van der Waals surface area contributed by atoms with Gasteiger partial charge in [-0.1, -0.05) is 42.0 Å². The molecule has 1 fully saturated rings. The fraction of sp³-hybridized carbons (Fsp3) is 0.167. The topological polar surface area (TPSA) is 101 Å². The summed E-state index contributed by atoms with van der Waals surface area (Å²) in [5, 5.41) is 5.61. The Morgan fingerprint density at radius 2 is 1.74 bits per heavy atom. The number of amides is 3. The Labute approximate surface area is 224 Å². The third-order valence-corrected chi connectivity index (χ3v) is 6.42. The molecule has 0 bridgehead atoms. The zero-order valence-electron chi connectivity index (χ0n) is 21.1. The molecule has 2 N–H and O–H groups in total. The molecule has 2 atom stereocenters. The van der Waals surface area contributed by atoms with Gasteiger partial charge in [-0.25, -0.2) is 9.18 Å². The van der Waals surface area contributed by atoms with Crippen LogP contribution in [0.1, 0.15) is 38.9 Å². The smallest absolute Gasteiger partial charge is 0.411 e. The van der Waals surface area contributed by atoms with Gasteiger partial charge in [-0.3, -0.25) is 14.5 Å². The number of cyclic esters (lactones) is 1. The molecule has 9 heteroatoms. The lowest BCUT2D eigenvalue weighted by molar-refractivity contribution is -0.126. The molecule has 1 saturated heterocycles. The molecule has 0 radical (unpaired) electrons. The van der Waals surface area contributed by atoms with Crippen LogP contribution in [0, 0.1) is 12.7 Å². The largest absolute Gasteiger partial charge is 0.467 e. The Morgan fingerprint density at radius 1 is 0.974 bits per heavy atom. The number of anilines is 1. The van der Waals surface area contributed by atoms with Gasteiger partial charge in [0.1, 0.15) is 11.6 Å². The van der Waals surface area contributed by atoms with E-state index in [0.29, 0.717) is 17.0 Å². The van der Waals surface area contributed by atoms with Crippen LogP contribution in [0.5, 0.6) is 0 Å². The fourth-order valence-electron chi connectivity index (χ4n) is 4.39. The second-order valence-corrected chi connectivity index (χ2v) is 9.25. The highest BCUT2D eigenvalue weighted by Gasteiger charge is 2.47. The van der Waals surface area contributed by atoms with E-state index in [1.807, 2.05) is 31.2 Å². The minimum atomic E-state index is -0.975. The molecule has 0 saturated carbocycles. The summed E-state index contributed by atoms with van der Waals surface area (Å²) < 4.78 is 24.3. The van der Waals surface area contributed by atoms with E-state index >= 15 is 0 Å². The Bertz CT molecular complexity index is 1470. The molecule has 1 aromatic heterocycles. The summed E-state index contributed by atoms with van der Waals surface area (Å²) in [6.07, 6.45) is -0.0382. The first-order chi connectivity index (χ1) is 18.9. The van der Waals surface area contributed by atoms with Gasteiger partial charge in [0.05, 0.1) is 19.4 Å². The van der Waals surface area contributed by atoms with Crippen molar-refractivity contribution < 1.29 is 27.9 Å². The van der Waals surface area contributed by atoms with Crippen molar-refractivity contribution in [1.82, 2.24) is 10.2 Å². The number of ether oxygens (including phenoxy) is 1. The van der Waals surface area contributed by atoms with E-state index in [0.717, 1.165) is 11.1 Å². The number of hydrogen-bond donors (Lipinski definition) is 2. The number of carbonyl (C=O) groups excluding carboxylic acids is 3. The van der Waals surface area contributed by atoms with Crippen molar-refractivity contribution >= 4 is 23.6 Å². The number of furan rings is 1. The molecule has 5 rings (SSSR count). The van der Waals surface area contributed by atoms with Crippen LogP contribution >= 0.6 is 0 Å². The van der Waals surface area contributed by atoms with Crippen LogP contribution in [0.2, 0.25) is 0 Å². The minimum Gasteiger partial charge on any atom is -0.467 e. The third kappa shape index (κ3) is 5.98. The van der Waals surface area contributed by atoms with Crippen molar-refractivity contribution in [3.63, 3.8) is 0 Å². The van der Waals surface area contributed by atoms with E-state index in [1.165, 1.54) is 35.4 Å². The van der Waals surface area contributed by atoms with E-state index < -0.39 is 35.9 Å². The van der Waals surface area contributed by atoms with E-state index in [9.17, 15) is 18.8 Å². The molecule has 1 aliphatic heterocycles. The van der Waals surface area contributed by atoms with E-state index in [-0.39, 0.29) is 18.7 Å². The highest BCUT2D eigenvalue weighted by Crippen LogP contribution is 2.35. The monoisotopic (exact) mass is 527 g/mol. The molecule has 3 amide bonds.